The van der Waals surface area contributed by atoms with E-state index in [2.05, 4.69) is 51.3 Å². The molecule has 2 saturated heterocycles. The van der Waals surface area contributed by atoms with Crippen molar-refractivity contribution in [2.75, 3.05) is 66.1 Å². The van der Waals surface area contributed by atoms with Crippen molar-refractivity contribution in [2.45, 2.75) is 38.6 Å². The van der Waals surface area contributed by atoms with Gasteiger partial charge in [-0.1, -0.05) is 30.3 Å². The smallest absolute Gasteiger partial charge is 0.239 e. The fourth-order valence-electron chi connectivity index (χ4n) is 4.32. The molecule has 2 aliphatic rings. The van der Waals surface area contributed by atoms with E-state index in [-0.39, 0.29) is 30.0 Å². The molecule has 32 heavy (non-hydrogen) atoms. The minimum Gasteiger partial charge on any atom is -0.381 e. The van der Waals surface area contributed by atoms with Gasteiger partial charge < -0.3 is 19.9 Å². The molecule has 0 bridgehead atoms. The van der Waals surface area contributed by atoms with E-state index >= 15 is 0 Å². The molecule has 3 rings (SSSR count). The quantitative estimate of drug-likeness (QED) is 0.219. The van der Waals surface area contributed by atoms with E-state index in [9.17, 15) is 4.79 Å². The highest BCUT2D eigenvalue weighted by molar-refractivity contribution is 14.0. The average molecular weight is 558 g/mol. The number of nitrogens with zero attached hydrogens (tertiary/aromatic N) is 4. The number of hydrogen-bond donors (Lipinski definition) is 1. The largest absolute Gasteiger partial charge is 0.381 e. The van der Waals surface area contributed by atoms with Gasteiger partial charge in [-0.3, -0.25) is 14.7 Å². The molecule has 0 aliphatic carbocycles. The maximum Gasteiger partial charge on any atom is 0.239 e. The van der Waals surface area contributed by atoms with Crippen LogP contribution in [-0.2, 0) is 16.0 Å². The number of piperazine rings is 1. The second-order valence-corrected chi connectivity index (χ2v) is 8.41. The van der Waals surface area contributed by atoms with Gasteiger partial charge in [-0.15, -0.1) is 24.0 Å². The lowest BCUT2D eigenvalue weighted by molar-refractivity contribution is -0.135. The molecular weight excluding hydrogens is 517 g/mol. The number of guanidine groups is 1. The number of amides is 1. The zero-order valence-electron chi connectivity index (χ0n) is 19.7. The van der Waals surface area contributed by atoms with Crippen LogP contribution >= 0.6 is 24.0 Å². The fraction of sp³-hybridized carbons (Fsp3) is 0.667. The summed E-state index contributed by atoms with van der Waals surface area (Å²) in [4.78, 5) is 23.7. The van der Waals surface area contributed by atoms with Gasteiger partial charge in [0, 0.05) is 59.5 Å². The van der Waals surface area contributed by atoms with E-state index in [0.717, 1.165) is 90.7 Å². The lowest BCUT2D eigenvalue weighted by Gasteiger charge is -2.39. The van der Waals surface area contributed by atoms with Crippen molar-refractivity contribution in [1.82, 2.24) is 20.0 Å². The zero-order valence-corrected chi connectivity index (χ0v) is 22.0. The Morgan fingerprint density at radius 1 is 1.03 bits per heavy atom. The number of carbonyl (C=O) groups excluding carboxylic acids is 1. The van der Waals surface area contributed by atoms with Crippen LogP contribution in [0.25, 0.3) is 0 Å². The molecule has 1 amide bonds. The van der Waals surface area contributed by atoms with Crippen molar-refractivity contribution in [3.63, 3.8) is 0 Å². The summed E-state index contributed by atoms with van der Waals surface area (Å²) in [5, 5.41) is 3.46. The lowest BCUT2D eigenvalue weighted by atomic mass is 10.2. The van der Waals surface area contributed by atoms with Crippen LogP contribution in [0.3, 0.4) is 0 Å². The Bertz CT molecular complexity index is 689. The van der Waals surface area contributed by atoms with Crippen LogP contribution < -0.4 is 5.32 Å². The van der Waals surface area contributed by atoms with Crippen molar-refractivity contribution in [3.05, 3.63) is 35.9 Å². The number of nitrogens with one attached hydrogen (secondary N) is 1. The van der Waals surface area contributed by atoms with Crippen LogP contribution in [0.2, 0.25) is 0 Å². The van der Waals surface area contributed by atoms with Crippen molar-refractivity contribution in [1.29, 1.82) is 0 Å². The Morgan fingerprint density at radius 2 is 1.72 bits per heavy atom. The summed E-state index contributed by atoms with van der Waals surface area (Å²) >= 11 is 0. The molecule has 1 aromatic carbocycles. The lowest BCUT2D eigenvalue weighted by Crippen LogP contribution is -2.57. The van der Waals surface area contributed by atoms with Crippen LogP contribution in [0.15, 0.2) is 35.3 Å². The number of aliphatic imine (C=N–C) groups is 1. The molecule has 8 heteroatoms. The summed E-state index contributed by atoms with van der Waals surface area (Å²) in [5.41, 5.74) is 1.32. The van der Waals surface area contributed by atoms with Crippen LogP contribution in [0, 0.1) is 0 Å². The van der Waals surface area contributed by atoms with Crippen LogP contribution in [0.5, 0.6) is 0 Å². The van der Waals surface area contributed by atoms with Crippen molar-refractivity contribution in [2.24, 2.45) is 4.99 Å². The molecule has 2 fully saturated rings. The van der Waals surface area contributed by atoms with Gasteiger partial charge in [-0.25, -0.2) is 0 Å². The van der Waals surface area contributed by atoms with Gasteiger partial charge in [-0.2, -0.15) is 0 Å². The third-order valence-electron chi connectivity index (χ3n) is 6.27. The Labute approximate surface area is 210 Å². The van der Waals surface area contributed by atoms with Crippen molar-refractivity contribution >= 4 is 35.8 Å². The van der Waals surface area contributed by atoms with Gasteiger partial charge in [0.25, 0.3) is 0 Å². The standard InChI is InChI=1S/C24H39N5O2.HI/c1-21(23(30)28-13-6-7-14-28)27-15-17-29(18-16-27)24(25-2)26-12-8-19-31-20-11-22-9-4-3-5-10-22;/h3-5,9-10,21H,6-8,11-20H2,1-2H3,(H,25,26);1H. The molecular formula is C24H40IN5O2. The molecule has 1 N–H and O–H groups in total. The van der Waals surface area contributed by atoms with E-state index in [0.29, 0.717) is 5.91 Å². The van der Waals surface area contributed by atoms with E-state index in [1.165, 1.54) is 5.56 Å². The number of hydrogen-bond acceptors (Lipinski definition) is 4. The molecule has 0 saturated carbocycles. The fourth-order valence-corrected chi connectivity index (χ4v) is 4.32. The highest BCUT2D eigenvalue weighted by Gasteiger charge is 2.30. The molecule has 2 heterocycles. The molecule has 0 radical (unpaired) electrons. The molecule has 1 atom stereocenters. The second-order valence-electron chi connectivity index (χ2n) is 8.41. The maximum atomic E-state index is 12.7. The van der Waals surface area contributed by atoms with Crippen LogP contribution in [0.4, 0.5) is 0 Å². The maximum absolute atomic E-state index is 12.7. The molecule has 1 unspecified atom stereocenters. The molecule has 0 aromatic heterocycles. The average Bonchev–Trinajstić information content (AvgIpc) is 3.36. The highest BCUT2D eigenvalue weighted by atomic mass is 127. The van der Waals surface area contributed by atoms with Gasteiger partial charge in [0.15, 0.2) is 5.96 Å². The number of ether oxygens (including phenoxy) is 1. The number of halogens is 1. The molecule has 7 nitrogen and oxygen atoms in total. The van der Waals surface area contributed by atoms with E-state index in [4.69, 9.17) is 4.74 Å². The first kappa shape index (κ1) is 26.9. The predicted molar refractivity (Wildman–Crippen MR) is 141 cm³/mol. The monoisotopic (exact) mass is 557 g/mol. The van der Waals surface area contributed by atoms with Gasteiger partial charge in [0.05, 0.1) is 12.6 Å². The minimum atomic E-state index is -0.0248. The van der Waals surface area contributed by atoms with Crippen LogP contribution in [0.1, 0.15) is 31.7 Å². The van der Waals surface area contributed by atoms with Crippen LogP contribution in [-0.4, -0.2) is 98.7 Å². The van der Waals surface area contributed by atoms with Gasteiger partial charge >= 0.3 is 0 Å². The summed E-state index contributed by atoms with van der Waals surface area (Å²) in [6, 6.07) is 10.4. The number of likely N-dealkylation sites (tertiary alicyclic amines) is 1. The normalized spacial score (nSPS) is 18.4. The summed E-state index contributed by atoms with van der Waals surface area (Å²) < 4.78 is 5.77. The SMILES string of the molecule is CN=C(NCCCOCCc1ccccc1)N1CCN(C(C)C(=O)N2CCCC2)CC1.I. The number of rotatable bonds is 9. The predicted octanol–water partition coefficient (Wildman–Crippen LogP) is 2.46. The third kappa shape index (κ3) is 8.19. The first-order valence-corrected chi connectivity index (χ1v) is 11.8. The van der Waals surface area contributed by atoms with Gasteiger partial charge in [0.2, 0.25) is 5.91 Å². The highest BCUT2D eigenvalue weighted by Crippen LogP contribution is 2.14. The molecule has 2 aliphatic heterocycles. The minimum absolute atomic E-state index is 0. The van der Waals surface area contributed by atoms with Gasteiger partial charge in [-0.05, 0) is 38.2 Å². The molecule has 0 spiro atoms. The second kappa shape index (κ2) is 14.7. The summed E-state index contributed by atoms with van der Waals surface area (Å²) in [6.07, 6.45) is 4.20. The Kier molecular flexibility index (Phi) is 12.3. The summed E-state index contributed by atoms with van der Waals surface area (Å²) in [6.45, 7) is 9.84. The Hall–Kier alpha value is -1.39. The first-order valence-electron chi connectivity index (χ1n) is 11.8. The van der Waals surface area contributed by atoms with Crippen molar-refractivity contribution < 1.29 is 9.53 Å². The molecule has 180 valence electrons. The molecule has 1 aromatic rings. The number of carbonyl (C=O) groups is 1. The van der Waals surface area contributed by atoms with Gasteiger partial charge in [0.1, 0.15) is 0 Å². The summed E-state index contributed by atoms with van der Waals surface area (Å²) in [5.74, 6) is 1.24. The zero-order chi connectivity index (χ0) is 21.9. The Balaban J connectivity index is 0.00000363. The van der Waals surface area contributed by atoms with E-state index in [1.807, 2.05) is 18.0 Å². The topological polar surface area (TPSA) is 60.4 Å². The van der Waals surface area contributed by atoms with E-state index < -0.39 is 0 Å². The summed E-state index contributed by atoms with van der Waals surface area (Å²) in [7, 11) is 1.84. The van der Waals surface area contributed by atoms with E-state index in [1.54, 1.807) is 0 Å². The third-order valence-corrected chi connectivity index (χ3v) is 6.27. The number of benzene rings is 1. The first-order chi connectivity index (χ1) is 15.2. The van der Waals surface area contributed by atoms with Crippen molar-refractivity contribution in [3.8, 4) is 0 Å². The Morgan fingerprint density at radius 3 is 2.38 bits per heavy atom.